The number of rotatable bonds is 3. The summed E-state index contributed by atoms with van der Waals surface area (Å²) < 4.78 is 5.91. The number of aromatic nitrogens is 1. The Morgan fingerprint density at radius 2 is 1.79 bits per heavy atom. The molecule has 1 aromatic heterocycles. The van der Waals surface area contributed by atoms with Crippen molar-refractivity contribution in [3.63, 3.8) is 0 Å². The summed E-state index contributed by atoms with van der Waals surface area (Å²) in [4.78, 5) is 4.39. The van der Waals surface area contributed by atoms with Crippen LogP contribution in [0.5, 0.6) is 11.6 Å². The SMILES string of the molecule is Nc1ccc(Oc2ncccc2C2CCCC2)cc1. The summed E-state index contributed by atoms with van der Waals surface area (Å²) in [6, 6.07) is 11.6. The zero-order valence-corrected chi connectivity index (χ0v) is 10.9. The number of pyridine rings is 1. The van der Waals surface area contributed by atoms with Gasteiger partial charge >= 0.3 is 0 Å². The van der Waals surface area contributed by atoms with Crippen LogP contribution in [0.1, 0.15) is 37.2 Å². The minimum atomic E-state index is 0.595. The number of benzene rings is 1. The van der Waals surface area contributed by atoms with Crippen molar-refractivity contribution in [1.29, 1.82) is 0 Å². The average Bonchev–Trinajstić information content (AvgIpc) is 2.96. The molecule has 0 amide bonds. The Hall–Kier alpha value is -2.03. The topological polar surface area (TPSA) is 48.1 Å². The molecule has 1 fully saturated rings. The highest BCUT2D eigenvalue weighted by atomic mass is 16.5. The Morgan fingerprint density at radius 1 is 1.05 bits per heavy atom. The fraction of sp³-hybridized carbons (Fsp3) is 0.312. The highest BCUT2D eigenvalue weighted by Crippen LogP contribution is 2.38. The van der Waals surface area contributed by atoms with E-state index >= 15 is 0 Å². The van der Waals surface area contributed by atoms with Crippen molar-refractivity contribution >= 4 is 5.69 Å². The molecule has 0 aliphatic heterocycles. The van der Waals surface area contributed by atoms with Gasteiger partial charge in [0.2, 0.25) is 5.88 Å². The molecule has 0 atom stereocenters. The highest BCUT2D eigenvalue weighted by Gasteiger charge is 2.21. The number of nitrogen functional groups attached to an aromatic ring is 1. The molecule has 1 aromatic carbocycles. The molecule has 0 saturated heterocycles. The lowest BCUT2D eigenvalue weighted by Crippen LogP contribution is -1.98. The van der Waals surface area contributed by atoms with Crippen molar-refractivity contribution in [3.8, 4) is 11.6 Å². The van der Waals surface area contributed by atoms with Crippen molar-refractivity contribution in [2.24, 2.45) is 0 Å². The Balaban J connectivity index is 1.85. The van der Waals surface area contributed by atoms with Crippen molar-refractivity contribution in [1.82, 2.24) is 4.98 Å². The number of nitrogens with two attached hydrogens (primary N) is 1. The fourth-order valence-electron chi connectivity index (χ4n) is 2.68. The molecule has 19 heavy (non-hydrogen) atoms. The minimum absolute atomic E-state index is 0.595. The fourth-order valence-corrected chi connectivity index (χ4v) is 2.68. The summed E-state index contributed by atoms with van der Waals surface area (Å²) in [6.45, 7) is 0. The van der Waals surface area contributed by atoms with Gasteiger partial charge in [0.05, 0.1) is 0 Å². The van der Waals surface area contributed by atoms with E-state index in [9.17, 15) is 0 Å². The van der Waals surface area contributed by atoms with Gasteiger partial charge in [-0.15, -0.1) is 0 Å². The lowest BCUT2D eigenvalue weighted by molar-refractivity contribution is 0.449. The van der Waals surface area contributed by atoms with E-state index in [1.165, 1.54) is 31.2 Å². The molecule has 0 spiro atoms. The first-order valence-corrected chi connectivity index (χ1v) is 6.81. The van der Waals surface area contributed by atoms with E-state index in [0.717, 1.165) is 17.3 Å². The molecule has 0 unspecified atom stereocenters. The lowest BCUT2D eigenvalue weighted by Gasteiger charge is -2.14. The molecule has 1 heterocycles. The Kier molecular flexibility index (Phi) is 3.36. The largest absolute Gasteiger partial charge is 0.439 e. The molecular formula is C16H18N2O. The van der Waals surface area contributed by atoms with Crippen molar-refractivity contribution < 1.29 is 4.74 Å². The third kappa shape index (κ3) is 2.70. The molecule has 1 aliphatic carbocycles. The van der Waals surface area contributed by atoms with Crippen molar-refractivity contribution in [3.05, 3.63) is 48.2 Å². The highest BCUT2D eigenvalue weighted by molar-refractivity contribution is 5.43. The molecule has 2 aromatic rings. The van der Waals surface area contributed by atoms with Crippen LogP contribution in [0.3, 0.4) is 0 Å². The summed E-state index contributed by atoms with van der Waals surface area (Å²) in [5.74, 6) is 2.11. The number of anilines is 1. The zero-order chi connectivity index (χ0) is 13.1. The summed E-state index contributed by atoms with van der Waals surface area (Å²) in [5, 5.41) is 0. The van der Waals surface area contributed by atoms with E-state index in [1.54, 1.807) is 6.20 Å². The predicted octanol–water partition coefficient (Wildman–Crippen LogP) is 4.11. The maximum atomic E-state index is 5.91. The molecule has 1 saturated carbocycles. The van der Waals surface area contributed by atoms with E-state index in [4.69, 9.17) is 10.5 Å². The maximum Gasteiger partial charge on any atom is 0.222 e. The first kappa shape index (κ1) is 12.0. The van der Waals surface area contributed by atoms with Crippen LogP contribution in [-0.2, 0) is 0 Å². The quantitative estimate of drug-likeness (QED) is 0.838. The second kappa shape index (κ2) is 5.31. The Labute approximate surface area is 113 Å². The predicted molar refractivity (Wildman–Crippen MR) is 76.4 cm³/mol. The second-order valence-corrected chi connectivity index (χ2v) is 5.05. The number of hydrogen-bond acceptors (Lipinski definition) is 3. The van der Waals surface area contributed by atoms with Crippen LogP contribution in [0.2, 0.25) is 0 Å². The monoisotopic (exact) mass is 254 g/mol. The minimum Gasteiger partial charge on any atom is -0.439 e. The van der Waals surface area contributed by atoms with Crippen molar-refractivity contribution in [2.45, 2.75) is 31.6 Å². The Bertz CT molecular complexity index is 545. The average molecular weight is 254 g/mol. The Morgan fingerprint density at radius 3 is 2.53 bits per heavy atom. The van der Waals surface area contributed by atoms with Crippen LogP contribution < -0.4 is 10.5 Å². The van der Waals surface area contributed by atoms with Crippen molar-refractivity contribution in [2.75, 3.05) is 5.73 Å². The summed E-state index contributed by atoms with van der Waals surface area (Å²) in [5.41, 5.74) is 7.65. The molecule has 0 radical (unpaired) electrons. The van der Waals surface area contributed by atoms with Gasteiger partial charge in [0.1, 0.15) is 5.75 Å². The van der Waals surface area contributed by atoms with Gasteiger partial charge in [0.25, 0.3) is 0 Å². The normalized spacial score (nSPS) is 15.6. The first-order chi connectivity index (χ1) is 9.33. The molecule has 98 valence electrons. The molecule has 3 heteroatoms. The number of ether oxygens (including phenoxy) is 1. The van der Waals surface area contributed by atoms with Gasteiger partial charge in [-0.25, -0.2) is 4.98 Å². The van der Waals surface area contributed by atoms with Gasteiger partial charge in [-0.2, -0.15) is 0 Å². The zero-order valence-electron chi connectivity index (χ0n) is 10.9. The standard InChI is InChI=1S/C16H18N2O/c17-13-7-9-14(10-8-13)19-16-15(6-3-11-18-16)12-4-1-2-5-12/h3,6-12H,1-2,4-5,17H2. The van der Waals surface area contributed by atoms with E-state index in [-0.39, 0.29) is 0 Å². The summed E-state index contributed by atoms with van der Waals surface area (Å²) in [6.07, 6.45) is 6.88. The van der Waals surface area contributed by atoms with Crippen LogP contribution in [0, 0.1) is 0 Å². The first-order valence-electron chi connectivity index (χ1n) is 6.81. The maximum absolute atomic E-state index is 5.91. The lowest BCUT2D eigenvalue weighted by atomic mass is 9.99. The van der Waals surface area contributed by atoms with Gasteiger partial charge < -0.3 is 10.5 Å². The van der Waals surface area contributed by atoms with Crippen LogP contribution in [0.15, 0.2) is 42.6 Å². The van der Waals surface area contributed by atoms with Crippen LogP contribution >= 0.6 is 0 Å². The van der Waals surface area contributed by atoms with Gasteiger partial charge in [0, 0.05) is 17.4 Å². The van der Waals surface area contributed by atoms with Gasteiger partial charge in [-0.3, -0.25) is 0 Å². The van der Waals surface area contributed by atoms with E-state index in [2.05, 4.69) is 11.1 Å². The van der Waals surface area contributed by atoms with Gasteiger partial charge in [0.15, 0.2) is 0 Å². The molecular weight excluding hydrogens is 236 g/mol. The smallest absolute Gasteiger partial charge is 0.222 e. The van der Waals surface area contributed by atoms with E-state index in [1.807, 2.05) is 30.3 Å². The third-order valence-corrected chi connectivity index (χ3v) is 3.69. The van der Waals surface area contributed by atoms with Crippen LogP contribution in [0.25, 0.3) is 0 Å². The van der Waals surface area contributed by atoms with Gasteiger partial charge in [-0.05, 0) is 49.1 Å². The summed E-state index contributed by atoms with van der Waals surface area (Å²) in [7, 11) is 0. The molecule has 3 rings (SSSR count). The molecule has 1 aliphatic rings. The molecule has 0 bridgehead atoms. The van der Waals surface area contributed by atoms with E-state index in [0.29, 0.717) is 5.92 Å². The summed E-state index contributed by atoms with van der Waals surface area (Å²) >= 11 is 0. The van der Waals surface area contributed by atoms with Crippen LogP contribution in [-0.4, -0.2) is 4.98 Å². The number of nitrogens with zero attached hydrogens (tertiary/aromatic N) is 1. The molecule has 2 N–H and O–H groups in total. The van der Waals surface area contributed by atoms with E-state index < -0.39 is 0 Å². The second-order valence-electron chi connectivity index (χ2n) is 5.05. The molecule has 3 nitrogen and oxygen atoms in total. The third-order valence-electron chi connectivity index (χ3n) is 3.69. The van der Waals surface area contributed by atoms with Gasteiger partial charge in [-0.1, -0.05) is 18.9 Å². The van der Waals surface area contributed by atoms with Crippen LogP contribution in [0.4, 0.5) is 5.69 Å². The number of hydrogen-bond donors (Lipinski definition) is 1.